The van der Waals surface area contributed by atoms with Crippen LogP contribution in [0.3, 0.4) is 0 Å². The Morgan fingerprint density at radius 1 is 1.30 bits per heavy atom. The van der Waals surface area contributed by atoms with Crippen LogP contribution in [0.1, 0.15) is 31.9 Å². The number of aliphatic carboxylic acids is 1. The summed E-state index contributed by atoms with van der Waals surface area (Å²) in [5.74, 6) is -2.32. The van der Waals surface area contributed by atoms with Crippen LogP contribution in [0, 0.1) is 11.8 Å². The van der Waals surface area contributed by atoms with Crippen molar-refractivity contribution in [2.75, 3.05) is 13.1 Å². The third-order valence-corrected chi connectivity index (χ3v) is 4.28. The predicted octanol–water partition coefficient (Wildman–Crippen LogP) is 1.43. The van der Waals surface area contributed by atoms with E-state index in [4.69, 9.17) is 5.11 Å². The number of carbonyl (C=O) groups is 3. The molecule has 0 aromatic heterocycles. The van der Waals surface area contributed by atoms with Gasteiger partial charge in [0.1, 0.15) is 0 Å². The van der Waals surface area contributed by atoms with Crippen molar-refractivity contribution in [1.29, 1.82) is 0 Å². The molecule has 3 atom stereocenters. The molecule has 124 valence electrons. The lowest BCUT2D eigenvalue weighted by Crippen LogP contribution is -2.37. The maximum Gasteiger partial charge on any atom is 0.308 e. The molecule has 1 fully saturated rings. The summed E-state index contributed by atoms with van der Waals surface area (Å²) in [6, 6.07) is 9.59. The molecule has 6 heteroatoms. The van der Waals surface area contributed by atoms with Crippen molar-refractivity contribution in [3.63, 3.8) is 0 Å². The number of amides is 2. The number of likely N-dealkylation sites (tertiary alicyclic amines) is 1. The summed E-state index contributed by atoms with van der Waals surface area (Å²) in [5.41, 5.74) is 1.03. The van der Waals surface area contributed by atoms with E-state index in [-0.39, 0.29) is 30.8 Å². The first-order valence-corrected chi connectivity index (χ1v) is 7.75. The zero-order chi connectivity index (χ0) is 17.0. The summed E-state index contributed by atoms with van der Waals surface area (Å²) < 4.78 is 0. The van der Waals surface area contributed by atoms with Crippen LogP contribution in [-0.2, 0) is 14.4 Å². The number of nitrogens with one attached hydrogen (secondary N) is 1. The third kappa shape index (κ3) is 4.09. The van der Waals surface area contributed by atoms with Gasteiger partial charge in [-0.2, -0.15) is 0 Å². The van der Waals surface area contributed by atoms with E-state index in [0.717, 1.165) is 5.56 Å². The van der Waals surface area contributed by atoms with Gasteiger partial charge in [0.05, 0.1) is 17.9 Å². The van der Waals surface area contributed by atoms with Gasteiger partial charge in [0.2, 0.25) is 11.8 Å². The molecule has 0 saturated carbocycles. The van der Waals surface area contributed by atoms with E-state index in [9.17, 15) is 14.4 Å². The fourth-order valence-corrected chi connectivity index (χ4v) is 2.68. The summed E-state index contributed by atoms with van der Waals surface area (Å²) in [6.07, 6.45) is 0.171. The smallest absolute Gasteiger partial charge is 0.308 e. The van der Waals surface area contributed by atoms with E-state index in [1.807, 2.05) is 37.3 Å². The maximum absolute atomic E-state index is 12.2. The number of benzene rings is 1. The average molecular weight is 318 g/mol. The van der Waals surface area contributed by atoms with Crippen LogP contribution in [-0.4, -0.2) is 40.9 Å². The second-order valence-corrected chi connectivity index (χ2v) is 6.02. The van der Waals surface area contributed by atoms with Gasteiger partial charge in [0.15, 0.2) is 0 Å². The molecule has 6 nitrogen and oxygen atoms in total. The van der Waals surface area contributed by atoms with Gasteiger partial charge in [-0.25, -0.2) is 0 Å². The average Bonchev–Trinajstić information content (AvgIpc) is 2.94. The molecule has 0 radical (unpaired) electrons. The Morgan fingerprint density at radius 3 is 2.57 bits per heavy atom. The minimum atomic E-state index is -0.952. The first-order valence-electron chi connectivity index (χ1n) is 7.75. The molecule has 1 aromatic rings. The summed E-state index contributed by atoms with van der Waals surface area (Å²) in [6.45, 7) is 3.92. The van der Waals surface area contributed by atoms with E-state index < -0.39 is 17.8 Å². The highest BCUT2D eigenvalue weighted by atomic mass is 16.4. The standard InChI is InChI=1S/C17H22N2O4/c1-11(17(22)23)9-18-16(21)14-8-15(20)19(10-14)12(2)13-6-4-3-5-7-13/h3-7,11-12,14H,8-10H2,1-2H3,(H,18,21)(H,22,23)/t11-,12+,14+/m1/s1. The van der Waals surface area contributed by atoms with Crippen molar-refractivity contribution in [2.24, 2.45) is 11.8 Å². The Bertz CT molecular complexity index is 588. The molecule has 1 saturated heterocycles. The zero-order valence-corrected chi connectivity index (χ0v) is 13.4. The SMILES string of the molecule is C[C@H](CNC(=O)[C@H]1CC(=O)N([C@@H](C)c2ccccc2)C1)C(=O)O. The summed E-state index contributed by atoms with van der Waals surface area (Å²) >= 11 is 0. The van der Waals surface area contributed by atoms with Gasteiger partial charge in [-0.15, -0.1) is 0 Å². The quantitative estimate of drug-likeness (QED) is 0.831. The normalized spacial score (nSPS) is 20.2. The molecule has 0 aliphatic carbocycles. The molecule has 2 N–H and O–H groups in total. The molecule has 23 heavy (non-hydrogen) atoms. The van der Waals surface area contributed by atoms with Gasteiger partial charge in [0, 0.05) is 19.5 Å². The highest BCUT2D eigenvalue weighted by Gasteiger charge is 2.37. The third-order valence-electron chi connectivity index (χ3n) is 4.28. The molecule has 0 unspecified atom stereocenters. The Labute approximate surface area is 135 Å². The van der Waals surface area contributed by atoms with Crippen molar-refractivity contribution in [3.8, 4) is 0 Å². The van der Waals surface area contributed by atoms with E-state index in [1.165, 1.54) is 6.92 Å². The predicted molar refractivity (Wildman–Crippen MR) is 84.5 cm³/mol. The number of hydrogen-bond acceptors (Lipinski definition) is 3. The molecule has 0 bridgehead atoms. The van der Waals surface area contributed by atoms with Crippen LogP contribution < -0.4 is 5.32 Å². The summed E-state index contributed by atoms with van der Waals surface area (Å²) in [7, 11) is 0. The van der Waals surface area contributed by atoms with E-state index >= 15 is 0 Å². The first-order chi connectivity index (χ1) is 10.9. The van der Waals surface area contributed by atoms with Crippen LogP contribution in [0.15, 0.2) is 30.3 Å². The highest BCUT2D eigenvalue weighted by Crippen LogP contribution is 2.28. The Balaban J connectivity index is 1.94. The Kier molecular flexibility index (Phi) is 5.36. The van der Waals surface area contributed by atoms with Gasteiger partial charge in [-0.3, -0.25) is 14.4 Å². The van der Waals surface area contributed by atoms with Crippen LogP contribution in [0.5, 0.6) is 0 Å². The number of carbonyl (C=O) groups excluding carboxylic acids is 2. The Hall–Kier alpha value is -2.37. The first kappa shape index (κ1) is 17.0. The second-order valence-electron chi connectivity index (χ2n) is 6.02. The van der Waals surface area contributed by atoms with Gasteiger partial charge in [-0.05, 0) is 12.5 Å². The number of carboxylic acid groups (broad SMARTS) is 1. The molecule has 1 aliphatic rings. The molecule has 2 amide bonds. The number of carboxylic acids is 1. The van der Waals surface area contributed by atoms with Crippen molar-refractivity contribution in [3.05, 3.63) is 35.9 Å². The number of rotatable bonds is 6. The van der Waals surface area contributed by atoms with E-state index in [1.54, 1.807) is 4.90 Å². The molecular weight excluding hydrogens is 296 g/mol. The monoisotopic (exact) mass is 318 g/mol. The van der Waals surface area contributed by atoms with E-state index in [0.29, 0.717) is 6.54 Å². The van der Waals surface area contributed by atoms with Gasteiger partial charge >= 0.3 is 5.97 Å². The van der Waals surface area contributed by atoms with Gasteiger partial charge in [-0.1, -0.05) is 37.3 Å². The highest BCUT2D eigenvalue weighted by molar-refractivity contribution is 5.89. The molecule has 1 aromatic carbocycles. The lowest BCUT2D eigenvalue weighted by Gasteiger charge is -2.25. The number of hydrogen-bond donors (Lipinski definition) is 2. The van der Waals surface area contributed by atoms with Crippen LogP contribution in [0.4, 0.5) is 0 Å². The lowest BCUT2D eigenvalue weighted by atomic mass is 10.1. The Morgan fingerprint density at radius 2 is 1.96 bits per heavy atom. The van der Waals surface area contributed by atoms with Crippen molar-refractivity contribution in [2.45, 2.75) is 26.3 Å². The van der Waals surface area contributed by atoms with E-state index in [2.05, 4.69) is 5.32 Å². The molecule has 2 rings (SSSR count). The zero-order valence-electron chi connectivity index (χ0n) is 13.4. The molecule has 0 spiro atoms. The molecule has 1 heterocycles. The fraction of sp³-hybridized carbons (Fsp3) is 0.471. The van der Waals surface area contributed by atoms with Crippen molar-refractivity contribution >= 4 is 17.8 Å². The fourth-order valence-electron chi connectivity index (χ4n) is 2.68. The maximum atomic E-state index is 12.2. The van der Waals surface area contributed by atoms with Crippen LogP contribution in [0.2, 0.25) is 0 Å². The van der Waals surface area contributed by atoms with Crippen molar-refractivity contribution < 1.29 is 19.5 Å². The topological polar surface area (TPSA) is 86.7 Å². The second kappa shape index (κ2) is 7.26. The largest absolute Gasteiger partial charge is 0.481 e. The lowest BCUT2D eigenvalue weighted by molar-refractivity contribution is -0.141. The number of nitrogens with zero attached hydrogens (tertiary/aromatic N) is 1. The van der Waals surface area contributed by atoms with Gasteiger partial charge in [0.25, 0.3) is 0 Å². The minimum absolute atomic E-state index is 0.0483. The molecule has 1 aliphatic heterocycles. The van der Waals surface area contributed by atoms with Crippen LogP contribution in [0.25, 0.3) is 0 Å². The summed E-state index contributed by atoms with van der Waals surface area (Å²) in [5, 5.41) is 11.5. The van der Waals surface area contributed by atoms with Crippen LogP contribution >= 0.6 is 0 Å². The van der Waals surface area contributed by atoms with Gasteiger partial charge < -0.3 is 15.3 Å². The summed E-state index contributed by atoms with van der Waals surface area (Å²) in [4.78, 5) is 36.8. The molecular formula is C17H22N2O4. The van der Waals surface area contributed by atoms with Crippen molar-refractivity contribution in [1.82, 2.24) is 10.2 Å². The minimum Gasteiger partial charge on any atom is -0.481 e.